The molecule has 0 bridgehead atoms. The molecule has 0 amide bonds. The Kier molecular flexibility index (Phi) is 4.05. The van der Waals surface area contributed by atoms with Gasteiger partial charge in [0.15, 0.2) is 0 Å². The summed E-state index contributed by atoms with van der Waals surface area (Å²) in [6.45, 7) is -0.191. The molecule has 0 spiro atoms. The molecule has 0 radical (unpaired) electrons. The van der Waals surface area contributed by atoms with Gasteiger partial charge in [0.25, 0.3) is 0 Å². The van der Waals surface area contributed by atoms with Crippen molar-refractivity contribution in [3.63, 3.8) is 0 Å². The molecule has 0 aliphatic carbocycles. The van der Waals surface area contributed by atoms with Crippen LogP contribution in [-0.2, 0) is 11.4 Å². The summed E-state index contributed by atoms with van der Waals surface area (Å²) in [6.07, 6.45) is -8.40. The maximum atomic E-state index is 12.2. The van der Waals surface area contributed by atoms with Crippen LogP contribution in [0.2, 0.25) is 0 Å². The average Bonchev–Trinajstić information content (AvgIpc) is 2.19. The van der Waals surface area contributed by atoms with Crippen LogP contribution >= 0.6 is 0 Å². The van der Waals surface area contributed by atoms with E-state index in [1.807, 2.05) is 0 Å². The van der Waals surface area contributed by atoms with Gasteiger partial charge in [0.2, 0.25) is 0 Å². The van der Waals surface area contributed by atoms with Crippen LogP contribution in [0.5, 0.6) is 0 Å². The molecule has 0 unspecified atom stereocenters. The van der Waals surface area contributed by atoms with E-state index in [0.29, 0.717) is 5.56 Å². The molecule has 84 valence electrons. The smallest absolute Gasteiger partial charge is 0.401 e. The highest BCUT2D eigenvalue weighted by Gasteiger charge is 2.39. The molecule has 0 saturated carbocycles. The van der Waals surface area contributed by atoms with Gasteiger partial charge < -0.3 is 10.3 Å². The molecule has 2 nitrogen and oxygen atoms in total. The summed E-state index contributed by atoms with van der Waals surface area (Å²) in [6, 6.07) is 8.32. The van der Waals surface area contributed by atoms with Crippen LogP contribution < -0.4 is 0 Å². The van der Waals surface area contributed by atoms with Crippen molar-refractivity contribution >= 4 is 0 Å². The number of benzene rings is 1. The fourth-order valence-corrected chi connectivity index (χ4v) is 0.816. The second-order valence-electron chi connectivity index (χ2n) is 2.73. The maximum absolute atomic E-state index is 12.2. The van der Waals surface area contributed by atoms with Gasteiger partial charge in [-0.05, 0) is 0 Å². The summed E-state index contributed by atoms with van der Waals surface area (Å²) in [5.41, 5.74) is 3.50. The molecule has 0 heterocycles. The molecule has 0 atom stereocenters. The monoisotopic (exact) mass is 222 g/mol. The third-order valence-electron chi connectivity index (χ3n) is 1.53. The quantitative estimate of drug-likeness (QED) is 0.553. The maximum Gasteiger partial charge on any atom is 0.401 e. The number of alkyl halides is 4. The first-order valence-corrected chi connectivity index (χ1v) is 4.07. The van der Waals surface area contributed by atoms with Crippen LogP contribution in [0.4, 0.5) is 17.6 Å². The summed E-state index contributed by atoms with van der Waals surface area (Å²) >= 11 is 0. The number of hydrogen-bond donors (Lipinski definition) is 0. The average molecular weight is 222 g/mol. The zero-order chi connectivity index (χ0) is 11.3. The fraction of sp³-hybridized carbons (Fsp3) is 0.333. The Labute approximate surface area is 83.8 Å². The summed E-state index contributed by atoms with van der Waals surface area (Å²) in [5, 5.41) is 0. The van der Waals surface area contributed by atoms with Gasteiger partial charge in [-0.25, -0.2) is 8.78 Å². The predicted octanol–water partition coefficient (Wildman–Crippen LogP) is 3.35. The summed E-state index contributed by atoms with van der Waals surface area (Å²) in [4.78, 5) is 3.44. The number of nitrogens with zero attached hydrogens (tertiary/aromatic N) is 1. The number of rotatable bonds is 5. The van der Waals surface area contributed by atoms with E-state index in [2.05, 4.69) is 10.3 Å². The molecule has 1 rings (SSSR count). The molecule has 0 fully saturated rings. The highest BCUT2D eigenvalue weighted by Crippen LogP contribution is 2.26. The molecule has 1 aromatic carbocycles. The topological polar surface area (TPSA) is 23.3 Å². The normalized spacial score (nSPS) is 12.1. The molecule has 0 saturated heterocycles. The standard InChI is InChI=1S/C9H8F4NO/c10-8(11)9(12,13)15-14-6-7-4-2-1-3-5-7/h1-5,8H,6H2/q-1. The lowest BCUT2D eigenvalue weighted by Crippen LogP contribution is -2.28. The van der Waals surface area contributed by atoms with Crippen LogP contribution in [0.1, 0.15) is 5.56 Å². The van der Waals surface area contributed by atoms with Crippen molar-refractivity contribution in [2.24, 2.45) is 0 Å². The van der Waals surface area contributed by atoms with Crippen molar-refractivity contribution in [1.29, 1.82) is 0 Å². The minimum atomic E-state index is -4.52. The van der Waals surface area contributed by atoms with Gasteiger partial charge in [0.05, 0.1) is 0 Å². The second-order valence-corrected chi connectivity index (χ2v) is 2.73. The van der Waals surface area contributed by atoms with E-state index in [1.54, 1.807) is 30.3 Å². The first-order chi connectivity index (χ1) is 7.02. The largest absolute Gasteiger partial charge is 0.525 e. The van der Waals surface area contributed by atoms with Crippen LogP contribution in [0.3, 0.4) is 0 Å². The van der Waals surface area contributed by atoms with E-state index in [9.17, 15) is 17.6 Å². The van der Waals surface area contributed by atoms with Crippen molar-refractivity contribution in [2.45, 2.75) is 19.1 Å². The van der Waals surface area contributed by atoms with Gasteiger partial charge in [0, 0.05) is 0 Å². The Morgan fingerprint density at radius 2 is 1.80 bits per heavy atom. The molecule has 0 aromatic heterocycles. The van der Waals surface area contributed by atoms with Gasteiger partial charge in [0.1, 0.15) is 0 Å². The number of halogens is 4. The van der Waals surface area contributed by atoms with E-state index < -0.39 is 12.5 Å². The minimum absolute atomic E-state index is 0.191. The molecular formula is C9H8F4NO-. The Balaban J connectivity index is 2.34. The zero-order valence-electron chi connectivity index (χ0n) is 7.54. The van der Waals surface area contributed by atoms with Gasteiger partial charge in [-0.15, -0.1) is 6.54 Å². The highest BCUT2D eigenvalue weighted by molar-refractivity contribution is 5.15. The van der Waals surface area contributed by atoms with Crippen molar-refractivity contribution in [2.75, 3.05) is 0 Å². The second kappa shape index (κ2) is 5.09. The van der Waals surface area contributed by atoms with Crippen molar-refractivity contribution in [3.05, 3.63) is 41.4 Å². The molecule has 1 aromatic rings. The van der Waals surface area contributed by atoms with Crippen LogP contribution in [0, 0.1) is 0 Å². The minimum Gasteiger partial charge on any atom is -0.525 e. The van der Waals surface area contributed by atoms with Crippen molar-refractivity contribution < 1.29 is 22.4 Å². The highest BCUT2D eigenvalue weighted by atomic mass is 19.3. The predicted molar refractivity (Wildman–Crippen MR) is 45.5 cm³/mol. The van der Waals surface area contributed by atoms with E-state index in [-0.39, 0.29) is 6.54 Å². The third-order valence-corrected chi connectivity index (χ3v) is 1.53. The van der Waals surface area contributed by atoms with Crippen LogP contribution in [0.15, 0.2) is 30.3 Å². The molecule has 0 aliphatic rings. The van der Waals surface area contributed by atoms with Crippen LogP contribution in [0.25, 0.3) is 5.48 Å². The van der Waals surface area contributed by atoms with Gasteiger partial charge in [-0.1, -0.05) is 35.9 Å². The van der Waals surface area contributed by atoms with Crippen molar-refractivity contribution in [1.82, 2.24) is 0 Å². The van der Waals surface area contributed by atoms with E-state index >= 15 is 0 Å². The molecule has 15 heavy (non-hydrogen) atoms. The SMILES string of the molecule is FC(F)C(F)(F)O[N-]Cc1ccccc1. The Morgan fingerprint density at radius 3 is 2.33 bits per heavy atom. The van der Waals surface area contributed by atoms with Crippen LogP contribution in [-0.4, -0.2) is 12.5 Å². The van der Waals surface area contributed by atoms with E-state index in [0.717, 1.165) is 0 Å². The van der Waals surface area contributed by atoms with Gasteiger partial charge >= 0.3 is 12.5 Å². The lowest BCUT2D eigenvalue weighted by molar-refractivity contribution is -0.282. The van der Waals surface area contributed by atoms with Crippen molar-refractivity contribution in [3.8, 4) is 0 Å². The molecule has 6 heteroatoms. The third kappa shape index (κ3) is 3.85. The zero-order valence-corrected chi connectivity index (χ0v) is 7.54. The summed E-state index contributed by atoms with van der Waals surface area (Å²) in [7, 11) is 0. The summed E-state index contributed by atoms with van der Waals surface area (Å²) in [5.74, 6) is 0. The van der Waals surface area contributed by atoms with Gasteiger partial charge in [-0.3, -0.25) is 0 Å². The lowest BCUT2D eigenvalue weighted by atomic mass is 10.2. The molecule has 0 aliphatic heterocycles. The Morgan fingerprint density at radius 1 is 1.20 bits per heavy atom. The van der Waals surface area contributed by atoms with Gasteiger partial charge in [-0.2, -0.15) is 8.78 Å². The van der Waals surface area contributed by atoms with E-state index in [4.69, 9.17) is 0 Å². The number of hydroxylamine groups is 1. The first kappa shape index (κ1) is 11.9. The number of hydrogen-bond acceptors (Lipinski definition) is 1. The molecular weight excluding hydrogens is 214 g/mol. The Bertz CT molecular complexity index is 291. The molecule has 0 N–H and O–H groups in total. The Hall–Kier alpha value is -1.14. The van der Waals surface area contributed by atoms with E-state index in [1.165, 1.54) is 0 Å². The first-order valence-electron chi connectivity index (χ1n) is 4.07. The lowest BCUT2D eigenvalue weighted by Gasteiger charge is -2.27. The summed E-state index contributed by atoms with van der Waals surface area (Å²) < 4.78 is 47.6. The fourth-order valence-electron chi connectivity index (χ4n) is 0.816.